The minimum absolute atomic E-state index is 0. The van der Waals surface area contributed by atoms with Gasteiger partial charge in [0.05, 0.1) is 16.8 Å². The minimum Gasteiger partial charge on any atom is -1.00 e. The Hall–Kier alpha value is -0.206. The number of benzene rings is 1. The van der Waals surface area contributed by atoms with Crippen molar-refractivity contribution in [2.45, 2.75) is 24.7 Å². The minimum atomic E-state index is -0.278. The van der Waals surface area contributed by atoms with Crippen molar-refractivity contribution in [3.63, 3.8) is 0 Å². The zero-order chi connectivity index (χ0) is 9.86. The van der Waals surface area contributed by atoms with Crippen LogP contribution in [0.4, 0.5) is 0 Å². The van der Waals surface area contributed by atoms with Gasteiger partial charge >= 0.3 is 18.9 Å². The first-order valence-corrected chi connectivity index (χ1v) is 6.17. The molecule has 1 heterocycles. The van der Waals surface area contributed by atoms with Crippen molar-refractivity contribution >= 4 is 10.2 Å². The Kier molecular flexibility index (Phi) is 4.94. The normalized spacial score (nSPS) is 25.6. The van der Waals surface area contributed by atoms with E-state index in [9.17, 15) is 0 Å². The molecule has 0 aromatic heterocycles. The molecule has 1 fully saturated rings. The third-order valence-electron chi connectivity index (χ3n) is 2.51. The smallest absolute Gasteiger partial charge is 1.00 e. The van der Waals surface area contributed by atoms with E-state index in [1.165, 1.54) is 12.8 Å². The van der Waals surface area contributed by atoms with Gasteiger partial charge in [-0.05, 0) is 25.0 Å². The summed E-state index contributed by atoms with van der Waals surface area (Å²) in [6, 6.07) is 9.94. The van der Waals surface area contributed by atoms with E-state index in [0.29, 0.717) is 0 Å². The molecule has 1 aliphatic heterocycles. The summed E-state index contributed by atoms with van der Waals surface area (Å²) in [7, 11) is 0.920. The molecule has 0 bridgehead atoms. The Morgan fingerprint density at radius 1 is 1.27 bits per heavy atom. The van der Waals surface area contributed by atoms with Gasteiger partial charge in [0.25, 0.3) is 0 Å². The van der Waals surface area contributed by atoms with Gasteiger partial charge in [0.15, 0.2) is 5.41 Å². The van der Waals surface area contributed by atoms with Crippen LogP contribution < -0.4 is 23.6 Å². The first-order chi connectivity index (χ1) is 6.79. The molecule has 78 valence electrons. The van der Waals surface area contributed by atoms with Crippen LogP contribution in [0.3, 0.4) is 0 Å². The molecule has 1 aliphatic rings. The molecule has 0 N–H and O–H groups in total. The summed E-state index contributed by atoms with van der Waals surface area (Å²) in [5.74, 6) is 0.921. The van der Waals surface area contributed by atoms with E-state index in [2.05, 4.69) is 0 Å². The molecule has 1 aromatic rings. The van der Waals surface area contributed by atoms with Gasteiger partial charge in [0.1, 0.15) is 5.75 Å². The van der Waals surface area contributed by atoms with E-state index >= 15 is 0 Å². The molecule has 0 saturated carbocycles. The van der Waals surface area contributed by atoms with Gasteiger partial charge in [-0.2, -0.15) is 0 Å². The van der Waals surface area contributed by atoms with Crippen LogP contribution in [0.5, 0.6) is 5.75 Å². The van der Waals surface area contributed by atoms with Gasteiger partial charge in [-0.3, -0.25) is 0 Å². The second-order valence-electron chi connectivity index (χ2n) is 3.85. The fourth-order valence-corrected chi connectivity index (χ4v) is 2.52. The van der Waals surface area contributed by atoms with Crippen molar-refractivity contribution in [3.05, 3.63) is 30.3 Å². The predicted octanol–water partition coefficient (Wildman–Crippen LogP) is -1.60. The Morgan fingerprint density at radius 3 is 2.60 bits per heavy atom. The van der Waals surface area contributed by atoms with Crippen LogP contribution in [0.25, 0.3) is 0 Å². The van der Waals surface area contributed by atoms with Gasteiger partial charge < -0.3 is 10.9 Å². The van der Waals surface area contributed by atoms with Crippen LogP contribution >= 0.6 is 0 Å². The summed E-state index contributed by atoms with van der Waals surface area (Å²) in [6.07, 6.45) is 3.42. The van der Waals surface area contributed by atoms with Crippen molar-refractivity contribution in [3.8, 4) is 5.75 Å². The molecule has 2 nitrogen and oxygen atoms in total. The second-order valence-corrected chi connectivity index (χ2v) is 5.38. The Morgan fingerprint density at radius 2 is 2.00 bits per heavy atom. The van der Waals surface area contributed by atoms with E-state index in [0.717, 1.165) is 29.0 Å². The van der Waals surface area contributed by atoms with Gasteiger partial charge in [0, 0.05) is 6.42 Å². The van der Waals surface area contributed by atoms with Crippen LogP contribution in [0.1, 0.15) is 20.7 Å². The summed E-state index contributed by atoms with van der Waals surface area (Å²) >= 11 is 0. The second kappa shape index (κ2) is 5.76. The van der Waals surface area contributed by atoms with Crippen LogP contribution in [0, 0.1) is 0 Å². The van der Waals surface area contributed by atoms with Crippen LogP contribution in [-0.4, -0.2) is 22.3 Å². The quantitative estimate of drug-likeness (QED) is 0.555. The van der Waals surface area contributed by atoms with Crippen molar-refractivity contribution in [2.24, 2.45) is 0 Å². The van der Waals surface area contributed by atoms with Gasteiger partial charge in [-0.15, -0.1) is 0 Å². The zero-order valence-corrected chi connectivity index (χ0v) is 11.5. The summed E-state index contributed by atoms with van der Waals surface area (Å²) in [5.41, 5.74) is -0.278. The van der Waals surface area contributed by atoms with E-state index in [-0.39, 0.29) is 25.7 Å². The molecule has 0 spiro atoms. The molecule has 1 atom stereocenters. The van der Waals surface area contributed by atoms with Crippen LogP contribution in [0.2, 0.25) is 0 Å². The van der Waals surface area contributed by atoms with E-state index in [1.54, 1.807) is 0 Å². The molecule has 0 radical (unpaired) electrons. The first-order valence-electron chi connectivity index (χ1n) is 5.17. The maximum absolute atomic E-state index is 5.88. The van der Waals surface area contributed by atoms with E-state index in [4.69, 9.17) is 9.47 Å². The maximum Gasteiger partial charge on any atom is 1.00 e. The fraction of sp³-hybridized carbons (Fsp3) is 0.455. The molecule has 0 aliphatic carbocycles. The SMILES string of the molecule is [H-].[Li+].[SiH3]C1(Oc2ccccc2)CCCCO1. The molecule has 1 unspecified atom stereocenters. The number of ether oxygens (including phenoxy) is 2. The monoisotopic (exact) mass is 216 g/mol. The molecule has 0 amide bonds. The molecule has 4 heteroatoms. The standard InChI is InChI=1S/C11H16O2Si.Li.H/c14-11(8-4-5-9-12-11)13-10-6-2-1-3-7-10;;/h1-3,6-7H,4-5,8-9H2,14H3;;/q;+1;-1. The third-order valence-corrected chi connectivity index (χ3v) is 3.50. The Labute approximate surface area is 107 Å². The number of hydrogen-bond donors (Lipinski definition) is 0. The van der Waals surface area contributed by atoms with E-state index in [1.807, 2.05) is 30.3 Å². The summed E-state index contributed by atoms with van der Waals surface area (Å²) in [5, 5.41) is 0. The maximum atomic E-state index is 5.88. The molecule has 1 saturated heterocycles. The van der Waals surface area contributed by atoms with Crippen molar-refractivity contribution < 1.29 is 29.8 Å². The van der Waals surface area contributed by atoms with Crippen LogP contribution in [0.15, 0.2) is 30.3 Å². The van der Waals surface area contributed by atoms with Crippen molar-refractivity contribution in [1.29, 1.82) is 0 Å². The van der Waals surface area contributed by atoms with Crippen molar-refractivity contribution in [2.75, 3.05) is 6.61 Å². The third kappa shape index (κ3) is 3.69. The predicted molar refractivity (Wildman–Crippen MR) is 60.7 cm³/mol. The molecule has 1 aromatic carbocycles. The number of rotatable bonds is 2. The number of para-hydroxylation sites is 1. The zero-order valence-electron chi connectivity index (χ0n) is 10.5. The van der Waals surface area contributed by atoms with Gasteiger partial charge in [-0.1, -0.05) is 18.2 Å². The topological polar surface area (TPSA) is 18.5 Å². The van der Waals surface area contributed by atoms with Crippen molar-refractivity contribution in [1.82, 2.24) is 0 Å². The van der Waals surface area contributed by atoms with Crippen LogP contribution in [-0.2, 0) is 4.74 Å². The molecular formula is C11H17LiO2Si. The number of hydrogen-bond acceptors (Lipinski definition) is 2. The Balaban J connectivity index is 0.00000112. The summed E-state index contributed by atoms with van der Waals surface area (Å²) < 4.78 is 11.6. The molecule has 2 rings (SSSR count). The van der Waals surface area contributed by atoms with E-state index < -0.39 is 0 Å². The first kappa shape index (κ1) is 12.9. The average Bonchev–Trinajstić information content (AvgIpc) is 2.19. The summed E-state index contributed by atoms with van der Waals surface area (Å²) in [6.45, 7) is 0.844. The average molecular weight is 216 g/mol. The summed E-state index contributed by atoms with van der Waals surface area (Å²) in [4.78, 5) is 0. The Bertz CT molecular complexity index is 291. The largest absolute Gasteiger partial charge is 1.00 e. The fourth-order valence-electron chi connectivity index (χ4n) is 1.73. The van der Waals surface area contributed by atoms with Gasteiger partial charge in [0.2, 0.25) is 0 Å². The molecular weight excluding hydrogens is 199 g/mol. The van der Waals surface area contributed by atoms with Gasteiger partial charge in [-0.25, -0.2) is 0 Å². The molecule has 15 heavy (non-hydrogen) atoms.